The number of aromatic nitrogens is 2. The molecule has 40 heavy (non-hydrogen) atoms. The van der Waals surface area contributed by atoms with Crippen LogP contribution in [0, 0.1) is 6.92 Å². The number of aryl methyl sites for hydroxylation is 1. The van der Waals surface area contributed by atoms with Crippen LogP contribution in [-0.2, 0) is 0 Å². The summed E-state index contributed by atoms with van der Waals surface area (Å²) in [4.78, 5) is 6.86. The van der Waals surface area contributed by atoms with Gasteiger partial charge in [-0.2, -0.15) is 0 Å². The summed E-state index contributed by atoms with van der Waals surface area (Å²) in [7, 11) is 0. The van der Waals surface area contributed by atoms with Crippen molar-refractivity contribution >= 4 is 38.9 Å². The first-order valence-electron chi connectivity index (χ1n) is 13.4. The monoisotopic (exact) mass is 517 g/mol. The van der Waals surface area contributed by atoms with Crippen LogP contribution in [0.2, 0.25) is 0 Å². The van der Waals surface area contributed by atoms with Gasteiger partial charge in [0.2, 0.25) is 5.88 Å². The minimum Gasteiger partial charge on any atom is -0.439 e. The SMILES string of the molecule is Cc1cc(-n2c3ccccc3c3ccccc32)ccc1Oc1ccc(N(c2ccccc2)c2ccccc2)cn1. The molecule has 4 nitrogen and oxygen atoms in total. The van der Waals surface area contributed by atoms with Crippen molar-refractivity contribution < 1.29 is 4.74 Å². The first-order valence-corrected chi connectivity index (χ1v) is 13.4. The second-order valence-electron chi connectivity index (χ2n) is 9.78. The van der Waals surface area contributed by atoms with Gasteiger partial charge in [-0.05, 0) is 73.2 Å². The smallest absolute Gasteiger partial charge is 0.219 e. The fourth-order valence-corrected chi connectivity index (χ4v) is 5.37. The number of hydrogen-bond donors (Lipinski definition) is 0. The van der Waals surface area contributed by atoms with Gasteiger partial charge < -0.3 is 14.2 Å². The number of para-hydroxylation sites is 4. The van der Waals surface area contributed by atoms with Gasteiger partial charge in [-0.3, -0.25) is 0 Å². The van der Waals surface area contributed by atoms with Gasteiger partial charge in [0.15, 0.2) is 0 Å². The van der Waals surface area contributed by atoms with E-state index in [9.17, 15) is 0 Å². The molecule has 5 aromatic carbocycles. The molecular weight excluding hydrogens is 490 g/mol. The predicted molar refractivity (Wildman–Crippen MR) is 165 cm³/mol. The molecule has 0 unspecified atom stereocenters. The third-order valence-electron chi connectivity index (χ3n) is 7.22. The lowest BCUT2D eigenvalue weighted by atomic mass is 10.2. The maximum Gasteiger partial charge on any atom is 0.219 e. The largest absolute Gasteiger partial charge is 0.439 e. The Morgan fingerprint density at radius 3 is 1.70 bits per heavy atom. The Kier molecular flexibility index (Phi) is 5.98. The van der Waals surface area contributed by atoms with Crippen molar-refractivity contribution in [1.82, 2.24) is 9.55 Å². The molecule has 0 radical (unpaired) electrons. The number of ether oxygens (including phenoxy) is 1. The molecule has 0 saturated heterocycles. The van der Waals surface area contributed by atoms with E-state index in [-0.39, 0.29) is 0 Å². The van der Waals surface area contributed by atoms with Crippen LogP contribution in [0.25, 0.3) is 27.5 Å². The van der Waals surface area contributed by atoms with Gasteiger partial charge in [0.1, 0.15) is 5.75 Å². The molecule has 2 aromatic heterocycles. The second kappa shape index (κ2) is 10.1. The van der Waals surface area contributed by atoms with Crippen LogP contribution in [0.5, 0.6) is 11.6 Å². The molecule has 7 aromatic rings. The Labute approximate surface area is 233 Å². The van der Waals surface area contributed by atoms with Gasteiger partial charge in [-0.1, -0.05) is 72.8 Å². The highest BCUT2D eigenvalue weighted by Crippen LogP contribution is 2.36. The fraction of sp³-hybridized carbons (Fsp3) is 0.0278. The molecule has 0 saturated carbocycles. The van der Waals surface area contributed by atoms with Crippen LogP contribution in [0.3, 0.4) is 0 Å². The maximum absolute atomic E-state index is 6.26. The molecule has 0 fully saturated rings. The maximum atomic E-state index is 6.26. The summed E-state index contributed by atoms with van der Waals surface area (Å²) >= 11 is 0. The fourth-order valence-electron chi connectivity index (χ4n) is 5.37. The average Bonchev–Trinajstić information content (AvgIpc) is 3.35. The van der Waals surface area contributed by atoms with E-state index in [1.54, 1.807) is 0 Å². The average molecular weight is 518 g/mol. The number of anilines is 3. The minimum atomic E-state index is 0.553. The molecule has 2 heterocycles. The zero-order valence-corrected chi connectivity index (χ0v) is 22.1. The third-order valence-corrected chi connectivity index (χ3v) is 7.22. The highest BCUT2D eigenvalue weighted by molar-refractivity contribution is 6.09. The Bertz CT molecular complexity index is 1830. The molecule has 0 aliphatic heterocycles. The lowest BCUT2D eigenvalue weighted by Gasteiger charge is -2.25. The van der Waals surface area contributed by atoms with Gasteiger partial charge in [-0.25, -0.2) is 4.98 Å². The summed E-state index contributed by atoms with van der Waals surface area (Å²) in [6, 6.07) is 48.0. The van der Waals surface area contributed by atoms with Crippen molar-refractivity contribution in [2.24, 2.45) is 0 Å². The summed E-state index contributed by atoms with van der Waals surface area (Å²) < 4.78 is 8.58. The van der Waals surface area contributed by atoms with Gasteiger partial charge >= 0.3 is 0 Å². The summed E-state index contributed by atoms with van der Waals surface area (Å²) in [6.07, 6.45) is 1.86. The standard InChI is InChI=1S/C36H27N3O/c1-26-24-29(39-33-18-10-8-16-31(33)32-17-9-11-19-34(32)39)20-22-35(26)40-36-23-21-30(25-37-36)38(27-12-4-2-5-13-27)28-14-6-3-7-15-28/h2-25H,1H3. The van der Waals surface area contributed by atoms with E-state index in [1.807, 2.05) is 60.8 Å². The van der Waals surface area contributed by atoms with E-state index < -0.39 is 0 Å². The first kappa shape index (κ1) is 23.7. The molecule has 0 aliphatic carbocycles. The predicted octanol–water partition coefficient (Wildman–Crippen LogP) is 9.75. The number of hydrogen-bond acceptors (Lipinski definition) is 3. The lowest BCUT2D eigenvalue weighted by molar-refractivity contribution is 0.459. The van der Waals surface area contributed by atoms with Crippen molar-refractivity contribution in [3.05, 3.63) is 151 Å². The molecule has 0 amide bonds. The quantitative estimate of drug-likeness (QED) is 0.220. The number of nitrogens with zero attached hydrogens (tertiary/aromatic N) is 3. The molecule has 4 heteroatoms. The topological polar surface area (TPSA) is 30.3 Å². The summed E-state index contributed by atoms with van der Waals surface area (Å²) in [6.45, 7) is 2.08. The molecule has 0 N–H and O–H groups in total. The normalized spacial score (nSPS) is 11.1. The van der Waals surface area contributed by atoms with Crippen molar-refractivity contribution in [1.29, 1.82) is 0 Å². The summed E-state index contributed by atoms with van der Waals surface area (Å²) in [5, 5.41) is 2.50. The Morgan fingerprint density at radius 1 is 0.575 bits per heavy atom. The molecule has 0 bridgehead atoms. The molecule has 192 valence electrons. The van der Waals surface area contributed by atoms with Crippen molar-refractivity contribution in [3.8, 4) is 17.3 Å². The summed E-state index contributed by atoms with van der Waals surface area (Å²) in [5.74, 6) is 1.34. The zero-order valence-electron chi connectivity index (χ0n) is 22.1. The van der Waals surface area contributed by atoms with E-state index in [0.717, 1.165) is 34.1 Å². The molecule has 0 aliphatic rings. The van der Waals surface area contributed by atoms with Crippen LogP contribution < -0.4 is 9.64 Å². The molecule has 0 atom stereocenters. The first-order chi connectivity index (χ1) is 19.8. The van der Waals surface area contributed by atoms with Gasteiger partial charge in [0.25, 0.3) is 0 Å². The minimum absolute atomic E-state index is 0.553. The van der Waals surface area contributed by atoms with E-state index >= 15 is 0 Å². The Morgan fingerprint density at radius 2 is 1.15 bits per heavy atom. The van der Waals surface area contributed by atoms with Crippen molar-refractivity contribution in [2.45, 2.75) is 6.92 Å². The Hall–Kier alpha value is -5.35. The van der Waals surface area contributed by atoms with Gasteiger partial charge in [0.05, 0.1) is 22.9 Å². The molecular formula is C36H27N3O. The van der Waals surface area contributed by atoms with E-state index in [2.05, 4.69) is 106 Å². The highest BCUT2D eigenvalue weighted by Gasteiger charge is 2.15. The van der Waals surface area contributed by atoms with Crippen LogP contribution in [0.4, 0.5) is 17.1 Å². The van der Waals surface area contributed by atoms with Crippen LogP contribution in [0.1, 0.15) is 5.56 Å². The number of fused-ring (bicyclic) bond motifs is 3. The second-order valence-corrected chi connectivity index (χ2v) is 9.78. The van der Waals surface area contributed by atoms with Crippen LogP contribution >= 0.6 is 0 Å². The van der Waals surface area contributed by atoms with E-state index in [1.165, 1.54) is 21.8 Å². The number of pyridine rings is 1. The van der Waals surface area contributed by atoms with E-state index in [4.69, 9.17) is 4.74 Å². The Balaban J connectivity index is 1.20. The van der Waals surface area contributed by atoms with Gasteiger partial charge in [-0.15, -0.1) is 0 Å². The third kappa shape index (κ3) is 4.26. The zero-order chi connectivity index (χ0) is 26.9. The van der Waals surface area contributed by atoms with Crippen molar-refractivity contribution in [3.63, 3.8) is 0 Å². The van der Waals surface area contributed by atoms with Crippen LogP contribution in [0.15, 0.2) is 146 Å². The van der Waals surface area contributed by atoms with Gasteiger partial charge in [0, 0.05) is 33.9 Å². The van der Waals surface area contributed by atoms with E-state index in [0.29, 0.717) is 5.88 Å². The van der Waals surface area contributed by atoms with Crippen molar-refractivity contribution in [2.75, 3.05) is 4.90 Å². The summed E-state index contributed by atoms with van der Waals surface area (Å²) in [5.41, 5.74) is 7.63. The lowest BCUT2D eigenvalue weighted by Crippen LogP contribution is -2.10. The molecule has 0 spiro atoms. The number of rotatable bonds is 6. The molecule has 7 rings (SSSR count). The number of benzene rings is 5. The van der Waals surface area contributed by atoms with Crippen LogP contribution in [-0.4, -0.2) is 9.55 Å². The highest BCUT2D eigenvalue weighted by atomic mass is 16.5.